The molecule has 6 heteroatoms. The quantitative estimate of drug-likeness (QED) is 0.624. The van der Waals surface area contributed by atoms with Gasteiger partial charge in [0.05, 0.1) is 18.7 Å². The van der Waals surface area contributed by atoms with Crippen molar-refractivity contribution in [3.63, 3.8) is 0 Å². The van der Waals surface area contributed by atoms with Crippen LogP contribution in [0.3, 0.4) is 0 Å². The van der Waals surface area contributed by atoms with Gasteiger partial charge < -0.3 is 14.5 Å². The Morgan fingerprint density at radius 2 is 1.81 bits per heavy atom. The van der Waals surface area contributed by atoms with Gasteiger partial charge in [-0.1, -0.05) is 54.6 Å². The van der Waals surface area contributed by atoms with Crippen LogP contribution in [0.2, 0.25) is 0 Å². The summed E-state index contributed by atoms with van der Waals surface area (Å²) in [5.41, 5.74) is 2.54. The highest BCUT2D eigenvalue weighted by molar-refractivity contribution is 5.95. The highest BCUT2D eigenvalue weighted by Gasteiger charge is 2.46. The predicted molar refractivity (Wildman–Crippen MR) is 123 cm³/mol. The SMILES string of the molecule is CN(C)C(=O)[C@]1(Cc2cccc(-c3ccccc3)c2)CN(C(=O)c2cccnc2)CCO1. The van der Waals surface area contributed by atoms with Gasteiger partial charge in [0.2, 0.25) is 0 Å². The molecular weight excluding hydrogens is 402 g/mol. The van der Waals surface area contributed by atoms with Crippen LogP contribution in [0.1, 0.15) is 15.9 Å². The summed E-state index contributed by atoms with van der Waals surface area (Å²) in [5.74, 6) is -0.290. The number of nitrogens with zero attached hydrogens (tertiary/aromatic N) is 3. The van der Waals surface area contributed by atoms with Gasteiger partial charge >= 0.3 is 0 Å². The van der Waals surface area contributed by atoms with Gasteiger partial charge in [0.25, 0.3) is 11.8 Å². The van der Waals surface area contributed by atoms with E-state index >= 15 is 0 Å². The highest BCUT2D eigenvalue weighted by Crippen LogP contribution is 2.28. The maximum Gasteiger partial charge on any atom is 0.256 e. The number of carbonyl (C=O) groups is 2. The van der Waals surface area contributed by atoms with Crippen molar-refractivity contribution in [1.82, 2.24) is 14.8 Å². The van der Waals surface area contributed by atoms with Crippen molar-refractivity contribution in [2.45, 2.75) is 12.0 Å². The van der Waals surface area contributed by atoms with Gasteiger partial charge in [-0.05, 0) is 28.8 Å². The first-order valence-electron chi connectivity index (χ1n) is 10.7. The minimum Gasteiger partial charge on any atom is -0.361 e. The van der Waals surface area contributed by atoms with Crippen molar-refractivity contribution < 1.29 is 14.3 Å². The number of benzene rings is 2. The van der Waals surface area contributed by atoms with E-state index in [9.17, 15) is 9.59 Å². The highest BCUT2D eigenvalue weighted by atomic mass is 16.5. The normalized spacial score (nSPS) is 18.2. The van der Waals surface area contributed by atoms with E-state index in [-0.39, 0.29) is 18.4 Å². The number of ether oxygens (including phenoxy) is 1. The predicted octanol–water partition coefficient (Wildman–Crippen LogP) is 3.29. The zero-order valence-corrected chi connectivity index (χ0v) is 18.4. The molecule has 0 aliphatic carbocycles. The molecule has 3 aromatic rings. The second-order valence-corrected chi connectivity index (χ2v) is 8.25. The topological polar surface area (TPSA) is 62.7 Å². The van der Waals surface area contributed by atoms with Crippen LogP contribution in [0.25, 0.3) is 11.1 Å². The minimum atomic E-state index is -1.14. The summed E-state index contributed by atoms with van der Waals surface area (Å²) in [5, 5.41) is 0. The van der Waals surface area contributed by atoms with E-state index in [1.165, 1.54) is 0 Å². The number of carbonyl (C=O) groups excluding carboxylic acids is 2. The van der Waals surface area contributed by atoms with Gasteiger partial charge in [0, 0.05) is 39.5 Å². The molecule has 32 heavy (non-hydrogen) atoms. The number of aromatic nitrogens is 1. The van der Waals surface area contributed by atoms with Crippen LogP contribution in [0.15, 0.2) is 79.1 Å². The van der Waals surface area contributed by atoms with E-state index in [2.05, 4.69) is 29.2 Å². The Labute approximate surface area is 188 Å². The summed E-state index contributed by atoms with van der Waals surface area (Å²) >= 11 is 0. The second kappa shape index (κ2) is 9.32. The molecule has 2 heterocycles. The lowest BCUT2D eigenvalue weighted by molar-refractivity contribution is -0.165. The van der Waals surface area contributed by atoms with E-state index in [1.807, 2.05) is 30.3 Å². The first-order chi connectivity index (χ1) is 15.5. The van der Waals surface area contributed by atoms with Gasteiger partial charge in [-0.2, -0.15) is 0 Å². The molecule has 1 aliphatic heterocycles. The van der Waals surface area contributed by atoms with Crippen LogP contribution in [0.4, 0.5) is 0 Å². The number of hydrogen-bond donors (Lipinski definition) is 0. The van der Waals surface area contributed by atoms with E-state index in [0.29, 0.717) is 25.1 Å². The van der Waals surface area contributed by atoms with E-state index in [0.717, 1.165) is 16.7 Å². The second-order valence-electron chi connectivity index (χ2n) is 8.25. The lowest BCUT2D eigenvalue weighted by atomic mass is 9.89. The lowest BCUT2D eigenvalue weighted by Gasteiger charge is -2.43. The molecule has 2 amide bonds. The molecule has 2 aromatic carbocycles. The third-order valence-corrected chi connectivity index (χ3v) is 5.70. The fraction of sp³-hybridized carbons (Fsp3) is 0.269. The lowest BCUT2D eigenvalue weighted by Crippen LogP contribution is -2.61. The average molecular weight is 430 g/mol. The molecule has 164 valence electrons. The van der Waals surface area contributed by atoms with Crippen LogP contribution in [0.5, 0.6) is 0 Å². The van der Waals surface area contributed by atoms with Crippen molar-refractivity contribution in [3.8, 4) is 11.1 Å². The third-order valence-electron chi connectivity index (χ3n) is 5.70. The van der Waals surface area contributed by atoms with Crippen LogP contribution < -0.4 is 0 Å². The van der Waals surface area contributed by atoms with Gasteiger partial charge in [-0.25, -0.2) is 0 Å². The molecule has 6 nitrogen and oxygen atoms in total. The molecule has 1 aliphatic rings. The summed E-state index contributed by atoms with van der Waals surface area (Å²) in [7, 11) is 3.44. The largest absolute Gasteiger partial charge is 0.361 e. The molecule has 0 saturated carbocycles. The molecule has 1 fully saturated rings. The third kappa shape index (κ3) is 4.55. The van der Waals surface area contributed by atoms with Crippen molar-refractivity contribution >= 4 is 11.8 Å². The fourth-order valence-corrected chi connectivity index (χ4v) is 4.17. The fourth-order valence-electron chi connectivity index (χ4n) is 4.17. The number of hydrogen-bond acceptors (Lipinski definition) is 4. The number of likely N-dealkylation sites (N-methyl/N-ethyl adjacent to an activating group) is 1. The zero-order chi connectivity index (χ0) is 22.6. The number of amides is 2. The number of pyridine rings is 1. The minimum absolute atomic E-state index is 0.143. The van der Waals surface area contributed by atoms with Crippen LogP contribution in [-0.4, -0.2) is 66.0 Å². The van der Waals surface area contributed by atoms with Gasteiger partial charge in [0.1, 0.15) is 0 Å². The van der Waals surface area contributed by atoms with Crippen molar-refractivity contribution in [1.29, 1.82) is 0 Å². The maximum atomic E-state index is 13.3. The van der Waals surface area contributed by atoms with E-state index < -0.39 is 5.60 Å². The summed E-state index contributed by atoms with van der Waals surface area (Å²) in [6.07, 6.45) is 3.56. The molecule has 1 aromatic heterocycles. The molecule has 0 spiro atoms. The summed E-state index contributed by atoms with van der Waals surface area (Å²) < 4.78 is 6.15. The summed E-state index contributed by atoms with van der Waals surface area (Å²) in [6, 6.07) is 21.7. The summed E-state index contributed by atoms with van der Waals surface area (Å²) in [6.45, 7) is 0.914. The molecule has 0 radical (unpaired) electrons. The Balaban J connectivity index is 1.64. The molecule has 0 bridgehead atoms. The van der Waals surface area contributed by atoms with Gasteiger partial charge in [-0.3, -0.25) is 14.6 Å². The van der Waals surface area contributed by atoms with Crippen molar-refractivity contribution in [2.24, 2.45) is 0 Å². The maximum absolute atomic E-state index is 13.3. The first kappa shape index (κ1) is 21.7. The zero-order valence-electron chi connectivity index (χ0n) is 18.4. The van der Waals surface area contributed by atoms with Crippen LogP contribution in [0, 0.1) is 0 Å². The average Bonchev–Trinajstić information content (AvgIpc) is 2.84. The molecular formula is C26H27N3O3. The Kier molecular flexibility index (Phi) is 6.32. The van der Waals surface area contributed by atoms with Crippen LogP contribution in [-0.2, 0) is 16.0 Å². The standard InChI is InChI=1S/C26H27N3O3/c1-28(2)25(31)26(17-20-8-6-11-22(16-20)21-9-4-3-5-10-21)19-29(14-15-32-26)24(30)23-12-7-13-27-18-23/h3-13,16,18H,14-15,17,19H2,1-2H3/t26-/m0/s1. The van der Waals surface area contributed by atoms with E-state index in [1.54, 1.807) is 48.4 Å². The Bertz CT molecular complexity index is 1090. The number of morpholine rings is 1. The summed E-state index contributed by atoms with van der Waals surface area (Å²) in [4.78, 5) is 33.7. The molecule has 0 unspecified atom stereocenters. The Morgan fingerprint density at radius 1 is 1.03 bits per heavy atom. The first-order valence-corrected chi connectivity index (χ1v) is 10.7. The van der Waals surface area contributed by atoms with Crippen molar-refractivity contribution in [3.05, 3.63) is 90.3 Å². The van der Waals surface area contributed by atoms with E-state index in [4.69, 9.17) is 4.74 Å². The molecule has 0 N–H and O–H groups in total. The number of rotatable bonds is 5. The Hall–Kier alpha value is -3.51. The smallest absolute Gasteiger partial charge is 0.256 e. The molecule has 4 rings (SSSR count). The van der Waals surface area contributed by atoms with Crippen molar-refractivity contribution in [2.75, 3.05) is 33.8 Å². The van der Waals surface area contributed by atoms with Gasteiger partial charge in [-0.15, -0.1) is 0 Å². The molecule has 1 atom stereocenters. The Morgan fingerprint density at radius 3 is 2.53 bits per heavy atom. The monoisotopic (exact) mass is 429 g/mol. The van der Waals surface area contributed by atoms with Crippen LogP contribution >= 0.6 is 0 Å². The molecule has 1 saturated heterocycles. The van der Waals surface area contributed by atoms with Gasteiger partial charge in [0.15, 0.2) is 5.60 Å².